The van der Waals surface area contributed by atoms with E-state index in [4.69, 9.17) is 10.2 Å². The van der Waals surface area contributed by atoms with Gasteiger partial charge in [-0.2, -0.15) is 0 Å². The van der Waals surface area contributed by atoms with E-state index < -0.39 is 24.1 Å². The van der Waals surface area contributed by atoms with Gasteiger partial charge in [0.15, 0.2) is 0 Å². The lowest BCUT2D eigenvalue weighted by Crippen LogP contribution is -2.47. The van der Waals surface area contributed by atoms with Crippen molar-refractivity contribution in [2.75, 3.05) is 6.54 Å². The molecule has 0 fully saturated rings. The minimum absolute atomic E-state index is 0.0971. The van der Waals surface area contributed by atoms with Crippen molar-refractivity contribution < 1.29 is 19.8 Å². The highest BCUT2D eigenvalue weighted by Gasteiger charge is 2.20. The molecule has 0 heterocycles. The first kappa shape index (κ1) is 14.7. The highest BCUT2D eigenvalue weighted by atomic mass is 16.4. The van der Waals surface area contributed by atoms with Gasteiger partial charge in [-0.25, -0.2) is 9.59 Å². The Kier molecular flexibility index (Phi) is 6.48. The zero-order valence-electron chi connectivity index (χ0n) is 9.86. The van der Waals surface area contributed by atoms with Gasteiger partial charge < -0.3 is 20.8 Å². The van der Waals surface area contributed by atoms with E-state index in [1.165, 1.54) is 6.92 Å². The molecule has 4 N–H and O–H groups in total. The van der Waals surface area contributed by atoms with Crippen molar-refractivity contribution >= 4 is 12.0 Å². The number of aliphatic carboxylic acids is 1. The minimum atomic E-state index is -1.05. The fraction of sp³-hybridized carbons (Fsp3) is 0.800. The SMILES string of the molecule is CC(C)C[C@@H](NC(=O)NCC(C)O)C(=O)O. The normalized spacial score (nSPS) is 14.3. The molecule has 2 atom stereocenters. The summed E-state index contributed by atoms with van der Waals surface area (Å²) in [4.78, 5) is 22.1. The lowest BCUT2D eigenvalue weighted by molar-refractivity contribution is -0.139. The van der Waals surface area contributed by atoms with Crippen LogP contribution < -0.4 is 10.6 Å². The van der Waals surface area contributed by atoms with E-state index in [1.54, 1.807) is 0 Å². The fourth-order valence-electron chi connectivity index (χ4n) is 1.14. The van der Waals surface area contributed by atoms with Gasteiger partial charge in [-0.15, -0.1) is 0 Å². The van der Waals surface area contributed by atoms with Gasteiger partial charge in [-0.3, -0.25) is 0 Å². The summed E-state index contributed by atoms with van der Waals surface area (Å²) >= 11 is 0. The number of hydrogen-bond donors (Lipinski definition) is 4. The number of amides is 2. The van der Waals surface area contributed by atoms with Crippen molar-refractivity contribution in [1.82, 2.24) is 10.6 Å². The second kappa shape index (κ2) is 7.05. The first-order valence-electron chi connectivity index (χ1n) is 5.28. The molecule has 0 aliphatic rings. The first-order chi connectivity index (χ1) is 7.32. The molecule has 2 amide bonds. The van der Waals surface area contributed by atoms with Crippen LogP contribution in [0.25, 0.3) is 0 Å². The Labute approximate surface area is 95.0 Å². The van der Waals surface area contributed by atoms with Crippen LogP contribution in [0.15, 0.2) is 0 Å². The van der Waals surface area contributed by atoms with E-state index in [0.29, 0.717) is 6.42 Å². The zero-order valence-corrected chi connectivity index (χ0v) is 9.86. The van der Waals surface area contributed by atoms with E-state index in [1.807, 2.05) is 13.8 Å². The zero-order chi connectivity index (χ0) is 12.7. The van der Waals surface area contributed by atoms with Crippen LogP contribution in [-0.4, -0.2) is 40.9 Å². The van der Waals surface area contributed by atoms with Gasteiger partial charge in [-0.1, -0.05) is 13.8 Å². The van der Waals surface area contributed by atoms with Crippen LogP contribution >= 0.6 is 0 Å². The Morgan fingerprint density at radius 3 is 2.19 bits per heavy atom. The lowest BCUT2D eigenvalue weighted by atomic mass is 10.0. The molecule has 6 heteroatoms. The topological polar surface area (TPSA) is 98.7 Å². The number of carbonyl (C=O) groups excluding carboxylic acids is 1. The predicted molar refractivity (Wildman–Crippen MR) is 59.1 cm³/mol. The molecular formula is C10H20N2O4. The molecule has 16 heavy (non-hydrogen) atoms. The number of aliphatic hydroxyl groups is 1. The number of nitrogens with one attached hydrogen (secondary N) is 2. The number of carbonyl (C=O) groups is 2. The van der Waals surface area contributed by atoms with Crippen molar-refractivity contribution in [3.63, 3.8) is 0 Å². The summed E-state index contributed by atoms with van der Waals surface area (Å²) in [5.41, 5.74) is 0. The van der Waals surface area contributed by atoms with Gasteiger partial charge in [0.05, 0.1) is 6.10 Å². The Morgan fingerprint density at radius 1 is 1.25 bits per heavy atom. The molecular weight excluding hydrogens is 212 g/mol. The second-order valence-corrected chi connectivity index (χ2v) is 4.22. The van der Waals surface area contributed by atoms with E-state index in [-0.39, 0.29) is 12.5 Å². The van der Waals surface area contributed by atoms with Crippen molar-refractivity contribution in [2.45, 2.75) is 39.3 Å². The summed E-state index contributed by atoms with van der Waals surface area (Å²) in [5, 5.41) is 22.5. The molecule has 0 rings (SSSR count). The third kappa shape index (κ3) is 7.05. The summed E-state index contributed by atoms with van der Waals surface area (Å²) in [6.45, 7) is 5.39. The molecule has 94 valence electrons. The molecule has 1 unspecified atom stereocenters. The van der Waals surface area contributed by atoms with Gasteiger partial charge in [0.1, 0.15) is 6.04 Å². The van der Waals surface area contributed by atoms with Crippen LogP contribution in [0.4, 0.5) is 4.79 Å². The second-order valence-electron chi connectivity index (χ2n) is 4.22. The summed E-state index contributed by atoms with van der Waals surface area (Å²) in [7, 11) is 0. The quantitative estimate of drug-likeness (QED) is 0.524. The summed E-state index contributed by atoms with van der Waals surface area (Å²) < 4.78 is 0. The molecule has 6 nitrogen and oxygen atoms in total. The minimum Gasteiger partial charge on any atom is -0.480 e. The average molecular weight is 232 g/mol. The van der Waals surface area contributed by atoms with Crippen LogP contribution in [0.1, 0.15) is 27.2 Å². The van der Waals surface area contributed by atoms with Gasteiger partial charge >= 0.3 is 12.0 Å². The standard InChI is InChI=1S/C10H20N2O4/c1-6(2)4-8(9(14)15)12-10(16)11-5-7(3)13/h6-8,13H,4-5H2,1-3H3,(H,14,15)(H2,11,12,16)/t7?,8-/m1/s1. The van der Waals surface area contributed by atoms with Crippen molar-refractivity contribution in [2.24, 2.45) is 5.92 Å². The maximum Gasteiger partial charge on any atom is 0.326 e. The summed E-state index contributed by atoms with van der Waals surface area (Å²) in [5.74, 6) is -0.876. The van der Waals surface area contributed by atoms with Crippen molar-refractivity contribution in [3.05, 3.63) is 0 Å². The molecule has 0 radical (unpaired) electrons. The first-order valence-corrected chi connectivity index (χ1v) is 5.28. The Morgan fingerprint density at radius 2 is 1.81 bits per heavy atom. The molecule has 0 aromatic rings. The third-order valence-corrected chi connectivity index (χ3v) is 1.87. The monoisotopic (exact) mass is 232 g/mol. The largest absolute Gasteiger partial charge is 0.480 e. The smallest absolute Gasteiger partial charge is 0.326 e. The van der Waals surface area contributed by atoms with Crippen LogP contribution in [0.2, 0.25) is 0 Å². The highest BCUT2D eigenvalue weighted by Crippen LogP contribution is 2.04. The van der Waals surface area contributed by atoms with Gasteiger partial charge in [0, 0.05) is 6.54 Å². The molecule has 0 bridgehead atoms. The molecule has 0 aromatic heterocycles. The maximum atomic E-state index is 11.2. The molecule has 0 aromatic carbocycles. The molecule has 0 aliphatic heterocycles. The third-order valence-electron chi connectivity index (χ3n) is 1.87. The Bertz CT molecular complexity index is 241. The summed E-state index contributed by atoms with van der Waals surface area (Å²) in [6, 6.07) is -1.47. The Hall–Kier alpha value is -1.30. The molecule has 0 aliphatic carbocycles. The van der Waals surface area contributed by atoms with Crippen molar-refractivity contribution in [3.8, 4) is 0 Å². The van der Waals surface area contributed by atoms with Crippen LogP contribution in [0.5, 0.6) is 0 Å². The number of carboxylic acid groups (broad SMARTS) is 1. The van der Waals surface area contributed by atoms with Gasteiger partial charge in [0.2, 0.25) is 0 Å². The molecule has 0 saturated carbocycles. The Balaban J connectivity index is 4.08. The number of aliphatic hydroxyl groups excluding tert-OH is 1. The maximum absolute atomic E-state index is 11.2. The average Bonchev–Trinajstić information content (AvgIpc) is 2.12. The predicted octanol–water partition coefficient (Wildman–Crippen LogP) is 0.166. The fourth-order valence-corrected chi connectivity index (χ4v) is 1.14. The van der Waals surface area contributed by atoms with Crippen LogP contribution in [0, 0.1) is 5.92 Å². The highest BCUT2D eigenvalue weighted by molar-refractivity contribution is 5.82. The van der Waals surface area contributed by atoms with Gasteiger partial charge in [-0.05, 0) is 19.3 Å². The van der Waals surface area contributed by atoms with E-state index in [2.05, 4.69) is 10.6 Å². The van der Waals surface area contributed by atoms with E-state index in [9.17, 15) is 9.59 Å². The van der Waals surface area contributed by atoms with E-state index in [0.717, 1.165) is 0 Å². The number of carboxylic acids is 1. The van der Waals surface area contributed by atoms with E-state index >= 15 is 0 Å². The number of hydrogen-bond acceptors (Lipinski definition) is 3. The molecule has 0 spiro atoms. The number of urea groups is 1. The lowest BCUT2D eigenvalue weighted by Gasteiger charge is -2.17. The molecule has 0 saturated heterocycles. The van der Waals surface area contributed by atoms with Crippen LogP contribution in [-0.2, 0) is 4.79 Å². The van der Waals surface area contributed by atoms with Gasteiger partial charge in [0.25, 0.3) is 0 Å². The van der Waals surface area contributed by atoms with Crippen LogP contribution in [0.3, 0.4) is 0 Å². The van der Waals surface area contributed by atoms with Crippen molar-refractivity contribution in [1.29, 1.82) is 0 Å². The number of rotatable bonds is 6. The summed E-state index contributed by atoms with van der Waals surface area (Å²) in [6.07, 6.45) is -0.281.